The zero-order valence-electron chi connectivity index (χ0n) is 10.6. The van der Waals surface area contributed by atoms with E-state index in [-0.39, 0.29) is 0 Å². The van der Waals surface area contributed by atoms with E-state index >= 15 is 0 Å². The molecule has 2 atom stereocenters. The number of ether oxygens (including phenoxy) is 1. The van der Waals surface area contributed by atoms with Gasteiger partial charge in [0, 0.05) is 12.4 Å². The Balaban J connectivity index is 1.78. The van der Waals surface area contributed by atoms with Crippen molar-refractivity contribution < 1.29 is 9.84 Å². The second kappa shape index (κ2) is 5.36. The normalized spacial score (nSPS) is 19.3. The Morgan fingerprint density at radius 2 is 2.00 bits per heavy atom. The Hall–Kier alpha value is -1.94. The molecule has 0 amide bonds. The number of aliphatic hydroxyl groups is 1. The van der Waals surface area contributed by atoms with E-state index in [4.69, 9.17) is 4.74 Å². The maximum atomic E-state index is 10.2. The van der Waals surface area contributed by atoms with Gasteiger partial charge in [-0.1, -0.05) is 18.2 Å². The van der Waals surface area contributed by atoms with Crippen LogP contribution in [0.3, 0.4) is 0 Å². The molecule has 19 heavy (non-hydrogen) atoms. The fraction of sp³-hybridized carbons (Fsp3) is 0.333. The Labute approximate surface area is 112 Å². The molecule has 4 nitrogen and oxygen atoms in total. The van der Waals surface area contributed by atoms with Gasteiger partial charge in [-0.05, 0) is 36.5 Å². The Kier molecular flexibility index (Phi) is 3.42. The summed E-state index contributed by atoms with van der Waals surface area (Å²) in [5.41, 5.74) is 1.17. The average molecular weight is 256 g/mol. The van der Waals surface area contributed by atoms with Gasteiger partial charge in [0.25, 0.3) is 0 Å². The van der Waals surface area contributed by atoms with Crippen LogP contribution in [0.1, 0.15) is 36.3 Å². The Morgan fingerprint density at radius 1 is 1.21 bits per heavy atom. The quantitative estimate of drug-likeness (QED) is 0.916. The first kappa shape index (κ1) is 12.1. The smallest absolute Gasteiger partial charge is 0.156 e. The zero-order chi connectivity index (χ0) is 13.1. The molecule has 2 unspecified atom stereocenters. The molecule has 0 aliphatic carbocycles. The number of aliphatic hydroxyl groups excluding tert-OH is 1. The monoisotopic (exact) mass is 256 g/mol. The van der Waals surface area contributed by atoms with Gasteiger partial charge in [0.1, 0.15) is 11.9 Å². The molecule has 3 rings (SSSR count). The standard InChI is InChI=1S/C15H16N2O2/c18-13(15-16-7-3-8-17-15)10-11-6-9-19-14-5-2-1-4-12(11)14/h1-5,7-8,11,13,18H,6,9-10H2. The summed E-state index contributed by atoms with van der Waals surface area (Å²) in [6, 6.07) is 9.77. The SMILES string of the molecule is OC(CC1CCOc2ccccc21)c1ncccn1. The van der Waals surface area contributed by atoms with Crippen LogP contribution in [0.25, 0.3) is 0 Å². The third kappa shape index (κ3) is 2.58. The number of fused-ring (bicyclic) bond motifs is 1. The molecule has 1 aromatic carbocycles. The van der Waals surface area contributed by atoms with Crippen molar-refractivity contribution >= 4 is 0 Å². The molecule has 1 aliphatic heterocycles. The van der Waals surface area contributed by atoms with Crippen LogP contribution in [0.5, 0.6) is 5.75 Å². The highest BCUT2D eigenvalue weighted by molar-refractivity contribution is 5.37. The molecule has 2 heterocycles. The van der Waals surface area contributed by atoms with Crippen LogP contribution >= 0.6 is 0 Å². The maximum absolute atomic E-state index is 10.2. The summed E-state index contributed by atoms with van der Waals surface area (Å²) in [6.45, 7) is 0.698. The van der Waals surface area contributed by atoms with Crippen molar-refractivity contribution in [2.45, 2.75) is 24.9 Å². The lowest BCUT2D eigenvalue weighted by Gasteiger charge is -2.27. The second-order valence-corrected chi connectivity index (χ2v) is 4.73. The van der Waals surface area contributed by atoms with Crippen LogP contribution in [0.4, 0.5) is 0 Å². The number of hydrogen-bond donors (Lipinski definition) is 1. The van der Waals surface area contributed by atoms with Crippen LogP contribution in [-0.4, -0.2) is 21.7 Å². The van der Waals surface area contributed by atoms with Gasteiger partial charge < -0.3 is 9.84 Å². The lowest BCUT2D eigenvalue weighted by Crippen LogP contribution is -2.17. The molecule has 1 aliphatic rings. The lowest BCUT2D eigenvalue weighted by atomic mass is 9.88. The van der Waals surface area contributed by atoms with Crippen molar-refractivity contribution in [3.63, 3.8) is 0 Å². The number of para-hydroxylation sites is 1. The fourth-order valence-electron chi connectivity index (χ4n) is 2.52. The Bertz CT molecular complexity index is 545. The van der Waals surface area contributed by atoms with E-state index in [0.29, 0.717) is 24.8 Å². The van der Waals surface area contributed by atoms with Crippen LogP contribution < -0.4 is 4.74 Å². The number of benzene rings is 1. The predicted molar refractivity (Wildman–Crippen MR) is 70.9 cm³/mol. The summed E-state index contributed by atoms with van der Waals surface area (Å²) in [6.07, 6.45) is 4.23. The van der Waals surface area contributed by atoms with E-state index in [1.165, 1.54) is 5.56 Å². The van der Waals surface area contributed by atoms with E-state index in [1.54, 1.807) is 18.5 Å². The van der Waals surface area contributed by atoms with Crippen molar-refractivity contribution in [1.29, 1.82) is 0 Å². The second-order valence-electron chi connectivity index (χ2n) is 4.73. The fourth-order valence-corrected chi connectivity index (χ4v) is 2.52. The van der Waals surface area contributed by atoms with E-state index in [1.807, 2.05) is 18.2 Å². The molecule has 0 spiro atoms. The molecule has 98 valence electrons. The zero-order valence-corrected chi connectivity index (χ0v) is 10.6. The minimum absolute atomic E-state index is 0.295. The van der Waals surface area contributed by atoms with Crippen LogP contribution in [-0.2, 0) is 0 Å². The van der Waals surface area contributed by atoms with Crippen molar-refractivity contribution in [3.05, 3.63) is 54.1 Å². The van der Waals surface area contributed by atoms with Gasteiger partial charge in [-0.15, -0.1) is 0 Å². The minimum atomic E-state index is -0.627. The summed E-state index contributed by atoms with van der Waals surface area (Å²) in [4.78, 5) is 8.22. The van der Waals surface area contributed by atoms with Crippen molar-refractivity contribution in [3.8, 4) is 5.75 Å². The maximum Gasteiger partial charge on any atom is 0.156 e. The van der Waals surface area contributed by atoms with Crippen LogP contribution in [0, 0.1) is 0 Å². The van der Waals surface area contributed by atoms with Gasteiger partial charge in [0.2, 0.25) is 0 Å². The van der Waals surface area contributed by atoms with Crippen LogP contribution in [0.2, 0.25) is 0 Å². The lowest BCUT2D eigenvalue weighted by molar-refractivity contribution is 0.136. The molecular formula is C15H16N2O2. The number of nitrogens with zero attached hydrogens (tertiary/aromatic N) is 2. The van der Waals surface area contributed by atoms with Gasteiger partial charge in [0.05, 0.1) is 6.61 Å². The van der Waals surface area contributed by atoms with Gasteiger partial charge in [-0.2, -0.15) is 0 Å². The highest BCUT2D eigenvalue weighted by Crippen LogP contribution is 2.38. The third-order valence-electron chi connectivity index (χ3n) is 3.47. The molecule has 0 fully saturated rings. The van der Waals surface area contributed by atoms with Crippen molar-refractivity contribution in [2.24, 2.45) is 0 Å². The van der Waals surface area contributed by atoms with Crippen LogP contribution in [0.15, 0.2) is 42.7 Å². The van der Waals surface area contributed by atoms with Gasteiger partial charge in [-0.3, -0.25) is 0 Å². The highest BCUT2D eigenvalue weighted by Gasteiger charge is 2.25. The predicted octanol–water partition coefficient (Wildman–Crippen LogP) is 2.47. The summed E-state index contributed by atoms with van der Waals surface area (Å²) < 4.78 is 5.63. The van der Waals surface area contributed by atoms with E-state index < -0.39 is 6.10 Å². The molecule has 0 saturated heterocycles. The van der Waals surface area contributed by atoms with E-state index in [0.717, 1.165) is 12.2 Å². The summed E-state index contributed by atoms with van der Waals surface area (Å²) in [7, 11) is 0. The molecule has 0 bridgehead atoms. The van der Waals surface area contributed by atoms with Gasteiger partial charge in [-0.25, -0.2) is 9.97 Å². The van der Waals surface area contributed by atoms with Crippen molar-refractivity contribution in [1.82, 2.24) is 9.97 Å². The minimum Gasteiger partial charge on any atom is -0.493 e. The van der Waals surface area contributed by atoms with E-state index in [9.17, 15) is 5.11 Å². The first-order valence-electron chi connectivity index (χ1n) is 6.51. The summed E-state index contributed by atoms with van der Waals surface area (Å²) >= 11 is 0. The third-order valence-corrected chi connectivity index (χ3v) is 3.47. The molecule has 0 radical (unpaired) electrons. The Morgan fingerprint density at radius 3 is 2.84 bits per heavy atom. The largest absolute Gasteiger partial charge is 0.493 e. The molecule has 1 N–H and O–H groups in total. The molecule has 1 aromatic heterocycles. The number of aromatic nitrogens is 2. The average Bonchev–Trinajstić information content (AvgIpc) is 2.48. The molecular weight excluding hydrogens is 240 g/mol. The number of rotatable bonds is 3. The first-order valence-corrected chi connectivity index (χ1v) is 6.51. The molecule has 0 saturated carbocycles. The first-order chi connectivity index (χ1) is 9.34. The molecule has 2 aromatic rings. The topological polar surface area (TPSA) is 55.2 Å². The molecule has 4 heteroatoms. The van der Waals surface area contributed by atoms with Gasteiger partial charge >= 0.3 is 0 Å². The van der Waals surface area contributed by atoms with Crippen molar-refractivity contribution in [2.75, 3.05) is 6.61 Å². The van der Waals surface area contributed by atoms with Gasteiger partial charge in [0.15, 0.2) is 5.82 Å². The summed E-state index contributed by atoms with van der Waals surface area (Å²) in [5, 5.41) is 10.2. The number of hydrogen-bond acceptors (Lipinski definition) is 4. The van der Waals surface area contributed by atoms with E-state index in [2.05, 4.69) is 16.0 Å². The summed E-state index contributed by atoms with van der Waals surface area (Å²) in [5.74, 6) is 1.72. The highest BCUT2D eigenvalue weighted by atomic mass is 16.5.